The molecule has 1 amide bonds. The van der Waals surface area contributed by atoms with Crippen LogP contribution in [0.1, 0.15) is 18.5 Å². The van der Waals surface area contributed by atoms with Crippen molar-refractivity contribution >= 4 is 11.7 Å². The molecule has 2 N–H and O–H groups in total. The van der Waals surface area contributed by atoms with E-state index in [2.05, 4.69) is 9.97 Å². The summed E-state index contributed by atoms with van der Waals surface area (Å²) in [5.74, 6) is 0.299. The lowest BCUT2D eigenvalue weighted by Gasteiger charge is -2.31. The van der Waals surface area contributed by atoms with E-state index in [1.54, 1.807) is 6.20 Å². The molecule has 88 valence electrons. The van der Waals surface area contributed by atoms with E-state index in [9.17, 15) is 4.79 Å². The van der Waals surface area contributed by atoms with Gasteiger partial charge in [-0.15, -0.1) is 0 Å². The highest BCUT2D eigenvalue weighted by molar-refractivity contribution is 5.77. The summed E-state index contributed by atoms with van der Waals surface area (Å²) < 4.78 is 0. The van der Waals surface area contributed by atoms with Crippen LogP contribution < -0.4 is 10.6 Å². The van der Waals surface area contributed by atoms with Crippen molar-refractivity contribution < 1.29 is 4.79 Å². The first-order valence-electron chi connectivity index (χ1n) is 5.47. The second kappa shape index (κ2) is 4.78. The van der Waals surface area contributed by atoms with E-state index < -0.39 is 0 Å². The zero-order chi connectivity index (χ0) is 12.3. The highest BCUT2D eigenvalue weighted by Gasteiger charge is 2.24. The molecule has 1 fully saturated rings. The molecule has 0 saturated carbocycles. The predicted molar refractivity (Wildman–Crippen MR) is 60.9 cm³/mol. The molecule has 1 atom stereocenters. The number of nitrogens with zero attached hydrogens (tertiary/aromatic N) is 4. The second-order valence-corrected chi connectivity index (χ2v) is 4.06. The molecule has 0 bridgehead atoms. The highest BCUT2D eigenvalue weighted by atomic mass is 16.1. The Labute approximate surface area is 99.1 Å². The van der Waals surface area contributed by atoms with Crippen molar-refractivity contribution in [3.05, 3.63) is 18.1 Å². The smallest absolute Gasteiger partial charge is 0.222 e. The Hall–Kier alpha value is -2.16. The summed E-state index contributed by atoms with van der Waals surface area (Å²) in [4.78, 5) is 21.2. The average molecular weight is 231 g/mol. The van der Waals surface area contributed by atoms with E-state index in [-0.39, 0.29) is 17.5 Å². The van der Waals surface area contributed by atoms with Crippen LogP contribution in [0, 0.1) is 17.2 Å². The molecular weight excluding hydrogens is 218 g/mol. The number of hydrogen-bond donors (Lipinski definition) is 1. The van der Waals surface area contributed by atoms with Gasteiger partial charge in [0.05, 0.1) is 18.3 Å². The third-order valence-electron chi connectivity index (χ3n) is 2.90. The molecular formula is C11H13N5O. The van der Waals surface area contributed by atoms with Crippen LogP contribution in [0.2, 0.25) is 0 Å². The van der Waals surface area contributed by atoms with Gasteiger partial charge in [-0.05, 0) is 12.8 Å². The van der Waals surface area contributed by atoms with Gasteiger partial charge in [-0.25, -0.2) is 9.97 Å². The molecule has 6 nitrogen and oxygen atoms in total. The van der Waals surface area contributed by atoms with Crippen molar-refractivity contribution in [2.24, 2.45) is 11.7 Å². The number of nitrogens with two attached hydrogens (primary N) is 1. The Kier molecular flexibility index (Phi) is 3.19. The van der Waals surface area contributed by atoms with E-state index in [1.807, 2.05) is 11.0 Å². The van der Waals surface area contributed by atoms with E-state index in [1.165, 1.54) is 6.20 Å². The Morgan fingerprint density at radius 3 is 2.94 bits per heavy atom. The number of hydrogen-bond acceptors (Lipinski definition) is 5. The van der Waals surface area contributed by atoms with Crippen LogP contribution in [-0.2, 0) is 4.79 Å². The largest absolute Gasteiger partial charge is 0.369 e. The van der Waals surface area contributed by atoms with Crippen molar-refractivity contribution in [3.8, 4) is 6.07 Å². The van der Waals surface area contributed by atoms with E-state index in [0.717, 1.165) is 19.4 Å². The third kappa shape index (κ3) is 2.50. The lowest BCUT2D eigenvalue weighted by molar-refractivity contribution is -0.122. The zero-order valence-corrected chi connectivity index (χ0v) is 9.33. The molecule has 1 saturated heterocycles. The molecule has 6 heteroatoms. The topological polar surface area (TPSA) is 95.9 Å². The minimum atomic E-state index is -0.267. The second-order valence-electron chi connectivity index (χ2n) is 4.06. The number of carbonyl (C=O) groups excluding carboxylic acids is 1. The molecule has 2 heterocycles. The van der Waals surface area contributed by atoms with Gasteiger partial charge in [0.25, 0.3) is 0 Å². The molecule has 1 unspecified atom stereocenters. The van der Waals surface area contributed by atoms with Crippen LogP contribution in [0.3, 0.4) is 0 Å². The van der Waals surface area contributed by atoms with Crippen molar-refractivity contribution in [1.29, 1.82) is 5.26 Å². The van der Waals surface area contributed by atoms with Crippen LogP contribution in [0.25, 0.3) is 0 Å². The fourth-order valence-electron chi connectivity index (χ4n) is 1.96. The van der Waals surface area contributed by atoms with Crippen LogP contribution in [0.5, 0.6) is 0 Å². The minimum Gasteiger partial charge on any atom is -0.369 e. The maximum absolute atomic E-state index is 11.1. The minimum absolute atomic E-state index is 0.124. The summed E-state index contributed by atoms with van der Waals surface area (Å²) in [5.41, 5.74) is 5.60. The molecule has 1 aliphatic heterocycles. The standard InChI is InChI=1S/C11H13N5O/c12-4-9-5-15-10(6-14-9)16-3-1-2-8(7-16)11(13)17/h5-6,8H,1-3,7H2,(H2,13,17). The van der Waals surface area contributed by atoms with Gasteiger partial charge in [-0.2, -0.15) is 5.26 Å². The molecule has 0 aliphatic carbocycles. The first-order valence-corrected chi connectivity index (χ1v) is 5.47. The normalized spacial score (nSPS) is 19.7. The zero-order valence-electron chi connectivity index (χ0n) is 9.33. The van der Waals surface area contributed by atoms with Gasteiger partial charge < -0.3 is 10.6 Å². The van der Waals surface area contributed by atoms with E-state index in [4.69, 9.17) is 11.0 Å². The van der Waals surface area contributed by atoms with Crippen LogP contribution in [-0.4, -0.2) is 29.0 Å². The third-order valence-corrected chi connectivity index (χ3v) is 2.90. The monoisotopic (exact) mass is 231 g/mol. The van der Waals surface area contributed by atoms with E-state index >= 15 is 0 Å². The highest BCUT2D eigenvalue weighted by Crippen LogP contribution is 2.20. The summed E-state index contributed by atoms with van der Waals surface area (Å²) >= 11 is 0. The molecule has 0 spiro atoms. The summed E-state index contributed by atoms with van der Waals surface area (Å²) in [7, 11) is 0. The predicted octanol–water partition coefficient (Wildman–Crippen LogP) is 0.0500. The number of aromatic nitrogens is 2. The lowest BCUT2D eigenvalue weighted by atomic mass is 9.98. The van der Waals surface area contributed by atoms with Crippen LogP contribution in [0.4, 0.5) is 5.82 Å². The summed E-state index contributed by atoms with van der Waals surface area (Å²) in [6.07, 6.45) is 4.73. The van der Waals surface area contributed by atoms with Gasteiger partial charge in [-0.3, -0.25) is 4.79 Å². The van der Waals surface area contributed by atoms with Gasteiger partial charge in [0, 0.05) is 13.1 Å². The maximum atomic E-state index is 11.1. The van der Waals surface area contributed by atoms with E-state index in [0.29, 0.717) is 12.4 Å². The number of carbonyl (C=O) groups is 1. The molecule has 17 heavy (non-hydrogen) atoms. The SMILES string of the molecule is N#Cc1cnc(N2CCCC(C(N)=O)C2)cn1. The van der Waals surface area contributed by atoms with Gasteiger partial charge in [0.2, 0.25) is 5.91 Å². The quantitative estimate of drug-likeness (QED) is 0.775. The van der Waals surface area contributed by atoms with Gasteiger partial charge in [0.1, 0.15) is 11.9 Å². The molecule has 1 aliphatic rings. The van der Waals surface area contributed by atoms with Gasteiger partial charge in [0.15, 0.2) is 5.69 Å². The molecule has 1 aromatic heterocycles. The Balaban J connectivity index is 2.11. The first-order chi connectivity index (χ1) is 8.20. The van der Waals surface area contributed by atoms with Crippen molar-refractivity contribution in [3.63, 3.8) is 0 Å². The molecule has 0 radical (unpaired) electrons. The average Bonchev–Trinajstić information content (AvgIpc) is 2.39. The Bertz CT molecular complexity index is 450. The number of piperidine rings is 1. The van der Waals surface area contributed by atoms with Gasteiger partial charge in [-0.1, -0.05) is 0 Å². The van der Waals surface area contributed by atoms with Gasteiger partial charge >= 0.3 is 0 Å². The molecule has 2 rings (SSSR count). The molecule has 0 aromatic carbocycles. The fourth-order valence-corrected chi connectivity index (χ4v) is 1.96. The molecule has 1 aromatic rings. The lowest BCUT2D eigenvalue weighted by Crippen LogP contribution is -2.41. The number of anilines is 1. The van der Waals surface area contributed by atoms with Crippen molar-refractivity contribution in [1.82, 2.24) is 9.97 Å². The maximum Gasteiger partial charge on any atom is 0.222 e. The van der Waals surface area contributed by atoms with Crippen molar-refractivity contribution in [2.45, 2.75) is 12.8 Å². The summed E-state index contributed by atoms with van der Waals surface area (Å²) in [5, 5.41) is 8.63. The number of nitriles is 1. The number of primary amides is 1. The number of rotatable bonds is 2. The van der Waals surface area contributed by atoms with Crippen LogP contribution in [0.15, 0.2) is 12.4 Å². The number of amides is 1. The fraction of sp³-hybridized carbons (Fsp3) is 0.455. The van der Waals surface area contributed by atoms with Crippen molar-refractivity contribution in [2.75, 3.05) is 18.0 Å². The summed E-state index contributed by atoms with van der Waals surface area (Å²) in [6.45, 7) is 1.42. The Morgan fingerprint density at radius 1 is 1.53 bits per heavy atom. The van der Waals surface area contributed by atoms with Crippen LogP contribution >= 0.6 is 0 Å². The first kappa shape index (κ1) is 11.3. The Morgan fingerprint density at radius 2 is 2.35 bits per heavy atom. The summed E-state index contributed by atoms with van der Waals surface area (Å²) in [6, 6.07) is 1.92.